The van der Waals surface area contributed by atoms with Crippen molar-refractivity contribution >= 4 is 6.08 Å². The minimum Gasteiger partial charge on any atom is -0.396 e. The van der Waals surface area contributed by atoms with Crippen LogP contribution in [0.1, 0.15) is 12.5 Å². The Morgan fingerprint density at radius 3 is 2.59 bits per heavy atom. The number of halogens is 1. The Morgan fingerprint density at radius 1 is 1.27 bits per heavy atom. The molecule has 1 aliphatic heterocycles. The van der Waals surface area contributed by atoms with Gasteiger partial charge in [-0.1, -0.05) is 31.2 Å². The number of rotatable bonds is 7. The van der Waals surface area contributed by atoms with Crippen LogP contribution in [-0.2, 0) is 0 Å². The predicted molar refractivity (Wildman–Crippen MR) is 89.1 cm³/mol. The Morgan fingerprint density at radius 2 is 1.95 bits per heavy atom. The smallest absolute Gasteiger partial charge is 0.123 e. The van der Waals surface area contributed by atoms with E-state index in [1.807, 2.05) is 6.08 Å². The molecule has 0 aromatic heterocycles. The van der Waals surface area contributed by atoms with Gasteiger partial charge in [0.05, 0.1) is 0 Å². The molecule has 0 spiro atoms. The van der Waals surface area contributed by atoms with Gasteiger partial charge in [0.25, 0.3) is 0 Å². The highest BCUT2D eigenvalue weighted by molar-refractivity contribution is 5.48. The third-order valence-corrected chi connectivity index (χ3v) is 4.52. The molecule has 22 heavy (non-hydrogen) atoms. The van der Waals surface area contributed by atoms with E-state index in [0.717, 1.165) is 38.3 Å². The quantitative estimate of drug-likeness (QED) is 0.837. The summed E-state index contributed by atoms with van der Waals surface area (Å²) in [7, 11) is 2.13. The van der Waals surface area contributed by atoms with Gasteiger partial charge >= 0.3 is 0 Å². The van der Waals surface area contributed by atoms with Gasteiger partial charge in [-0.15, -0.1) is 0 Å². The first-order valence-corrected chi connectivity index (χ1v) is 8.06. The van der Waals surface area contributed by atoms with Gasteiger partial charge in [-0.25, -0.2) is 4.39 Å². The molecule has 1 saturated heterocycles. The second-order valence-corrected chi connectivity index (χ2v) is 6.23. The molecule has 2 rings (SSSR count). The van der Waals surface area contributed by atoms with Gasteiger partial charge < -0.3 is 10.0 Å². The van der Waals surface area contributed by atoms with Crippen LogP contribution in [0.25, 0.3) is 6.08 Å². The first kappa shape index (κ1) is 17.1. The molecule has 0 unspecified atom stereocenters. The molecule has 122 valence electrons. The number of nitrogens with zero attached hydrogens (tertiary/aromatic N) is 2. The summed E-state index contributed by atoms with van der Waals surface area (Å²) in [5.41, 5.74) is 1.02. The summed E-state index contributed by atoms with van der Waals surface area (Å²) in [6.07, 6.45) is 4.15. The Kier molecular flexibility index (Phi) is 6.55. The second kappa shape index (κ2) is 8.42. The van der Waals surface area contributed by atoms with Crippen LogP contribution in [-0.4, -0.2) is 61.3 Å². The van der Waals surface area contributed by atoms with Crippen molar-refractivity contribution in [3.8, 4) is 0 Å². The summed E-state index contributed by atoms with van der Waals surface area (Å²) >= 11 is 0. The zero-order chi connectivity index (χ0) is 15.9. The van der Waals surface area contributed by atoms with E-state index in [-0.39, 0.29) is 12.4 Å². The van der Waals surface area contributed by atoms with E-state index in [9.17, 15) is 9.50 Å². The van der Waals surface area contributed by atoms with Gasteiger partial charge in [0.15, 0.2) is 0 Å². The lowest BCUT2D eigenvalue weighted by molar-refractivity contribution is 0.178. The Labute approximate surface area is 133 Å². The topological polar surface area (TPSA) is 26.7 Å². The molecule has 1 heterocycles. The molecule has 0 saturated carbocycles. The van der Waals surface area contributed by atoms with Crippen LogP contribution in [0.3, 0.4) is 0 Å². The zero-order valence-corrected chi connectivity index (χ0v) is 13.6. The Bertz CT molecular complexity index is 474. The zero-order valence-electron chi connectivity index (χ0n) is 13.6. The van der Waals surface area contributed by atoms with Crippen LogP contribution in [0.15, 0.2) is 30.3 Å². The van der Waals surface area contributed by atoms with Crippen molar-refractivity contribution in [2.75, 3.05) is 46.4 Å². The molecule has 1 aromatic carbocycles. The van der Waals surface area contributed by atoms with Gasteiger partial charge in [-0.2, -0.15) is 0 Å². The molecular formula is C18H27FN2O. The molecule has 1 aliphatic rings. The van der Waals surface area contributed by atoms with Crippen molar-refractivity contribution in [3.63, 3.8) is 0 Å². The van der Waals surface area contributed by atoms with Crippen molar-refractivity contribution in [1.29, 1.82) is 0 Å². The van der Waals surface area contributed by atoms with Crippen LogP contribution < -0.4 is 0 Å². The van der Waals surface area contributed by atoms with Gasteiger partial charge in [0, 0.05) is 32.8 Å². The number of hydrogen-bond acceptors (Lipinski definition) is 3. The molecule has 1 fully saturated rings. The minimum absolute atomic E-state index is 0.203. The molecule has 2 atom stereocenters. The largest absolute Gasteiger partial charge is 0.396 e. The van der Waals surface area contributed by atoms with Gasteiger partial charge in [0.2, 0.25) is 0 Å². The maximum atomic E-state index is 12.9. The molecule has 3 nitrogen and oxygen atoms in total. The van der Waals surface area contributed by atoms with E-state index in [1.54, 1.807) is 12.1 Å². The lowest BCUT2D eigenvalue weighted by Crippen LogP contribution is -2.31. The van der Waals surface area contributed by atoms with E-state index in [0.29, 0.717) is 11.8 Å². The SMILES string of the molecule is CCN(C)C[C@@H]1CN(C/C=C/c2ccc(F)cc2)C[C@@H]1CO. The highest BCUT2D eigenvalue weighted by Crippen LogP contribution is 2.23. The van der Waals surface area contributed by atoms with E-state index in [1.165, 1.54) is 12.1 Å². The van der Waals surface area contributed by atoms with Crippen LogP contribution >= 0.6 is 0 Å². The Balaban J connectivity index is 1.84. The summed E-state index contributed by atoms with van der Waals surface area (Å²) < 4.78 is 12.9. The number of aliphatic hydroxyl groups excluding tert-OH is 1. The normalized spacial score (nSPS) is 23.0. The molecule has 0 aliphatic carbocycles. The number of aliphatic hydroxyl groups is 1. The first-order valence-electron chi connectivity index (χ1n) is 8.06. The predicted octanol–water partition coefficient (Wildman–Crippen LogP) is 2.33. The third-order valence-electron chi connectivity index (χ3n) is 4.52. The van der Waals surface area contributed by atoms with Gasteiger partial charge in [0.1, 0.15) is 5.82 Å². The average molecular weight is 306 g/mol. The van der Waals surface area contributed by atoms with Crippen molar-refractivity contribution in [3.05, 3.63) is 41.7 Å². The second-order valence-electron chi connectivity index (χ2n) is 6.23. The fraction of sp³-hybridized carbons (Fsp3) is 0.556. The van der Waals surface area contributed by atoms with Gasteiger partial charge in [-0.05, 0) is 43.1 Å². The molecule has 0 bridgehead atoms. The van der Waals surface area contributed by atoms with Crippen molar-refractivity contribution in [1.82, 2.24) is 9.80 Å². The average Bonchev–Trinajstić information content (AvgIpc) is 2.91. The third kappa shape index (κ3) is 4.90. The molecule has 0 radical (unpaired) electrons. The number of hydrogen-bond donors (Lipinski definition) is 1. The number of likely N-dealkylation sites (tertiary alicyclic amines) is 1. The van der Waals surface area contributed by atoms with Crippen LogP contribution in [0.4, 0.5) is 4.39 Å². The standard InChI is InChI=1S/C18H27FN2O/c1-3-20(2)11-16-12-21(13-17(16)14-22)10-4-5-15-6-8-18(19)9-7-15/h4-9,16-17,22H,3,10-14H2,1-2H3/b5-4+/t16-,17-/m1/s1. The monoisotopic (exact) mass is 306 g/mol. The molecule has 0 amide bonds. The minimum atomic E-state index is -0.203. The van der Waals surface area contributed by atoms with Crippen LogP contribution in [0, 0.1) is 17.7 Å². The summed E-state index contributed by atoms with van der Waals surface area (Å²) in [5, 5.41) is 9.57. The maximum absolute atomic E-state index is 12.9. The van der Waals surface area contributed by atoms with Gasteiger partial charge in [-0.3, -0.25) is 4.90 Å². The maximum Gasteiger partial charge on any atom is 0.123 e. The van der Waals surface area contributed by atoms with E-state index in [2.05, 4.69) is 29.8 Å². The van der Waals surface area contributed by atoms with Crippen molar-refractivity contribution in [2.24, 2.45) is 11.8 Å². The lowest BCUT2D eigenvalue weighted by atomic mass is 9.96. The molecule has 1 N–H and O–H groups in total. The van der Waals surface area contributed by atoms with E-state index < -0.39 is 0 Å². The number of benzene rings is 1. The van der Waals surface area contributed by atoms with E-state index in [4.69, 9.17) is 0 Å². The fourth-order valence-corrected chi connectivity index (χ4v) is 3.04. The Hall–Kier alpha value is -1.23. The van der Waals surface area contributed by atoms with Crippen LogP contribution in [0.5, 0.6) is 0 Å². The lowest BCUT2D eigenvalue weighted by Gasteiger charge is -2.22. The van der Waals surface area contributed by atoms with Crippen molar-refractivity contribution < 1.29 is 9.50 Å². The van der Waals surface area contributed by atoms with E-state index >= 15 is 0 Å². The van der Waals surface area contributed by atoms with Crippen LogP contribution in [0.2, 0.25) is 0 Å². The highest BCUT2D eigenvalue weighted by atomic mass is 19.1. The summed E-state index contributed by atoms with van der Waals surface area (Å²) in [4.78, 5) is 4.69. The molecule has 4 heteroatoms. The fourth-order valence-electron chi connectivity index (χ4n) is 3.04. The van der Waals surface area contributed by atoms with Crippen molar-refractivity contribution in [2.45, 2.75) is 6.92 Å². The summed E-state index contributed by atoms with van der Waals surface area (Å²) in [5.74, 6) is 0.702. The first-order chi connectivity index (χ1) is 10.6. The highest BCUT2D eigenvalue weighted by Gasteiger charge is 2.31. The molecular weight excluding hydrogens is 279 g/mol. The summed E-state index contributed by atoms with van der Waals surface area (Å²) in [6.45, 7) is 7.36. The molecule has 1 aromatic rings. The summed E-state index contributed by atoms with van der Waals surface area (Å²) in [6, 6.07) is 6.53.